The fraction of sp³-hybridized carbons (Fsp3) is 0.304. The van der Waals surface area contributed by atoms with Crippen LogP contribution in [-0.4, -0.2) is 44.6 Å². The molecule has 4 heterocycles. The maximum absolute atomic E-state index is 12.7. The second kappa shape index (κ2) is 8.56. The lowest BCUT2D eigenvalue weighted by Gasteiger charge is -2.14. The van der Waals surface area contributed by atoms with Crippen molar-refractivity contribution in [2.75, 3.05) is 13.1 Å². The summed E-state index contributed by atoms with van der Waals surface area (Å²) in [5, 5.41) is 12.9. The van der Waals surface area contributed by atoms with E-state index in [1.807, 2.05) is 29.8 Å². The third-order valence-corrected chi connectivity index (χ3v) is 6.35. The normalized spacial score (nSPS) is 14.6. The minimum atomic E-state index is -0.104. The highest BCUT2D eigenvalue weighted by molar-refractivity contribution is 7.13. The minimum Gasteiger partial charge on any atom is -0.350 e. The minimum absolute atomic E-state index is 0.104. The van der Waals surface area contributed by atoms with E-state index in [4.69, 9.17) is 4.98 Å². The van der Waals surface area contributed by atoms with Crippen molar-refractivity contribution in [3.8, 4) is 21.8 Å². The fourth-order valence-corrected chi connectivity index (χ4v) is 4.14. The summed E-state index contributed by atoms with van der Waals surface area (Å²) in [6, 6.07) is 9.78. The zero-order valence-corrected chi connectivity index (χ0v) is 18.1. The summed E-state index contributed by atoms with van der Waals surface area (Å²) in [5.41, 5.74) is 3.67. The van der Waals surface area contributed by atoms with Crippen LogP contribution in [0.2, 0.25) is 0 Å². The van der Waals surface area contributed by atoms with Gasteiger partial charge in [0.1, 0.15) is 0 Å². The third kappa shape index (κ3) is 4.50. The molecule has 0 saturated heterocycles. The quantitative estimate of drug-likeness (QED) is 0.444. The highest BCUT2D eigenvalue weighted by Gasteiger charge is 2.21. The smallest absolute Gasteiger partial charge is 0.251 e. The van der Waals surface area contributed by atoms with Crippen molar-refractivity contribution in [2.24, 2.45) is 5.92 Å². The Kier molecular flexibility index (Phi) is 5.48. The highest BCUT2D eigenvalue weighted by Crippen LogP contribution is 2.28. The maximum atomic E-state index is 12.7. The van der Waals surface area contributed by atoms with E-state index in [1.165, 1.54) is 12.8 Å². The van der Waals surface area contributed by atoms with Crippen LogP contribution in [0, 0.1) is 5.92 Å². The van der Waals surface area contributed by atoms with Crippen LogP contribution in [-0.2, 0) is 0 Å². The molecule has 5 rings (SSSR count). The van der Waals surface area contributed by atoms with Crippen molar-refractivity contribution in [3.63, 3.8) is 0 Å². The van der Waals surface area contributed by atoms with Crippen LogP contribution in [0.5, 0.6) is 0 Å². The van der Waals surface area contributed by atoms with Gasteiger partial charge in [0, 0.05) is 30.5 Å². The molecule has 7 nitrogen and oxygen atoms in total. The number of nitrogens with one attached hydrogen (secondary N) is 2. The summed E-state index contributed by atoms with van der Waals surface area (Å²) in [4.78, 5) is 23.1. The number of hydrogen-bond donors (Lipinski definition) is 2. The molecule has 0 aliphatic heterocycles. The molecule has 0 radical (unpaired) electrons. The van der Waals surface area contributed by atoms with Crippen molar-refractivity contribution in [1.29, 1.82) is 0 Å². The van der Waals surface area contributed by atoms with E-state index in [1.54, 1.807) is 40.4 Å². The Bertz CT molecular complexity index is 1200. The van der Waals surface area contributed by atoms with E-state index in [-0.39, 0.29) is 11.9 Å². The van der Waals surface area contributed by atoms with Gasteiger partial charge in [0.15, 0.2) is 5.65 Å². The molecule has 1 atom stereocenters. The van der Waals surface area contributed by atoms with Crippen LogP contribution in [0.15, 0.2) is 54.3 Å². The molecule has 1 aliphatic carbocycles. The highest BCUT2D eigenvalue weighted by atomic mass is 32.1. The Morgan fingerprint density at radius 2 is 2.19 bits per heavy atom. The Morgan fingerprint density at radius 1 is 1.29 bits per heavy atom. The largest absolute Gasteiger partial charge is 0.350 e. The molecule has 1 unspecified atom stereocenters. The van der Waals surface area contributed by atoms with E-state index in [0.29, 0.717) is 23.4 Å². The third-order valence-electron chi connectivity index (χ3n) is 5.46. The predicted molar refractivity (Wildman–Crippen MR) is 122 cm³/mol. The number of carbonyl (C=O) groups excluding carboxylic acids is 1. The van der Waals surface area contributed by atoms with Gasteiger partial charge >= 0.3 is 0 Å². The molecule has 1 saturated carbocycles. The molecule has 0 bridgehead atoms. The van der Waals surface area contributed by atoms with Gasteiger partial charge in [-0.25, -0.2) is 9.50 Å². The number of fused-ring (bicyclic) bond motifs is 1. The van der Waals surface area contributed by atoms with Gasteiger partial charge in [0.2, 0.25) is 0 Å². The maximum Gasteiger partial charge on any atom is 0.251 e. The molecule has 8 heteroatoms. The molecule has 1 amide bonds. The number of amides is 1. The second-order valence-corrected chi connectivity index (χ2v) is 8.96. The lowest BCUT2D eigenvalue weighted by atomic mass is 10.1. The number of rotatable bonds is 8. The van der Waals surface area contributed by atoms with Gasteiger partial charge in [0.25, 0.3) is 5.91 Å². The van der Waals surface area contributed by atoms with Crippen molar-refractivity contribution >= 4 is 22.9 Å². The number of pyridine rings is 1. The first-order valence-corrected chi connectivity index (χ1v) is 11.4. The molecule has 0 aromatic carbocycles. The second-order valence-electron chi connectivity index (χ2n) is 8.01. The number of aromatic nitrogens is 4. The van der Waals surface area contributed by atoms with Crippen LogP contribution >= 0.6 is 11.3 Å². The van der Waals surface area contributed by atoms with Crippen LogP contribution in [0.3, 0.4) is 0 Å². The molecular formula is C23H24N6OS. The molecule has 158 valence electrons. The van der Waals surface area contributed by atoms with E-state index >= 15 is 0 Å². The molecule has 1 fully saturated rings. The van der Waals surface area contributed by atoms with Crippen LogP contribution in [0.1, 0.15) is 30.1 Å². The average Bonchev–Trinajstić information content (AvgIpc) is 3.29. The predicted octanol–water partition coefficient (Wildman–Crippen LogP) is 3.64. The zero-order chi connectivity index (χ0) is 21.2. The SMILES string of the molecule is CC(CNC(=O)c1ccnc(-c2cnn3ccc(-c4cccs4)nc23)c1)NCC1CC1. The number of thiophene rings is 1. The molecule has 1 aliphatic rings. The first-order valence-electron chi connectivity index (χ1n) is 10.5. The average molecular weight is 433 g/mol. The van der Waals surface area contributed by atoms with Crippen molar-refractivity contribution in [1.82, 2.24) is 30.2 Å². The summed E-state index contributed by atoms with van der Waals surface area (Å²) in [6.07, 6.45) is 7.94. The number of nitrogens with zero attached hydrogens (tertiary/aromatic N) is 4. The van der Waals surface area contributed by atoms with Gasteiger partial charge in [-0.3, -0.25) is 9.78 Å². The van der Waals surface area contributed by atoms with Gasteiger partial charge in [-0.05, 0) is 61.9 Å². The lowest BCUT2D eigenvalue weighted by Crippen LogP contribution is -2.39. The van der Waals surface area contributed by atoms with Crippen molar-refractivity contribution in [3.05, 3.63) is 59.9 Å². The Hall–Kier alpha value is -3.10. The van der Waals surface area contributed by atoms with E-state index in [9.17, 15) is 4.79 Å². The summed E-state index contributed by atoms with van der Waals surface area (Å²) in [6.45, 7) is 3.72. The summed E-state index contributed by atoms with van der Waals surface area (Å²) in [5.74, 6) is 0.716. The molecule has 4 aromatic rings. The summed E-state index contributed by atoms with van der Waals surface area (Å²) < 4.78 is 1.73. The topological polar surface area (TPSA) is 84.2 Å². The molecule has 4 aromatic heterocycles. The first kappa shape index (κ1) is 19.8. The molecule has 2 N–H and O–H groups in total. The molecule has 31 heavy (non-hydrogen) atoms. The Labute approximate surface area is 184 Å². The molecule has 0 spiro atoms. The van der Waals surface area contributed by atoms with E-state index in [2.05, 4.69) is 27.6 Å². The van der Waals surface area contributed by atoms with Gasteiger partial charge in [-0.2, -0.15) is 5.10 Å². The fourth-order valence-electron chi connectivity index (χ4n) is 3.44. The number of hydrogen-bond acceptors (Lipinski definition) is 6. The van der Waals surface area contributed by atoms with E-state index in [0.717, 1.165) is 28.6 Å². The van der Waals surface area contributed by atoms with Crippen molar-refractivity contribution in [2.45, 2.75) is 25.8 Å². The Balaban J connectivity index is 1.34. The first-order chi connectivity index (χ1) is 15.2. The van der Waals surface area contributed by atoms with Gasteiger partial charge in [-0.15, -0.1) is 11.3 Å². The lowest BCUT2D eigenvalue weighted by molar-refractivity contribution is 0.0950. The van der Waals surface area contributed by atoms with Crippen LogP contribution in [0.25, 0.3) is 27.5 Å². The Morgan fingerprint density at radius 3 is 3.00 bits per heavy atom. The summed E-state index contributed by atoms with van der Waals surface area (Å²) >= 11 is 1.65. The standard InChI is InChI=1S/C23H24N6OS/c1-15(25-13-16-4-5-16)12-26-23(30)17-6-8-24-20(11-17)18-14-27-29-9-7-19(28-22(18)29)21-3-2-10-31-21/h2-3,6-11,14-16,25H,4-5,12-13H2,1H3,(H,26,30). The van der Waals surface area contributed by atoms with Gasteiger partial charge in [0.05, 0.1) is 28.0 Å². The van der Waals surface area contributed by atoms with Crippen molar-refractivity contribution < 1.29 is 4.79 Å². The summed E-state index contributed by atoms with van der Waals surface area (Å²) in [7, 11) is 0. The molecular weight excluding hydrogens is 408 g/mol. The zero-order valence-electron chi connectivity index (χ0n) is 17.3. The number of carbonyl (C=O) groups is 1. The van der Waals surface area contributed by atoms with Crippen LogP contribution < -0.4 is 10.6 Å². The van der Waals surface area contributed by atoms with E-state index < -0.39 is 0 Å². The monoisotopic (exact) mass is 432 g/mol. The van der Waals surface area contributed by atoms with Crippen LogP contribution in [0.4, 0.5) is 0 Å². The van der Waals surface area contributed by atoms with Gasteiger partial charge < -0.3 is 10.6 Å². The van der Waals surface area contributed by atoms with Gasteiger partial charge in [-0.1, -0.05) is 6.07 Å².